The van der Waals surface area contributed by atoms with Gasteiger partial charge in [0.1, 0.15) is 12.4 Å². The van der Waals surface area contributed by atoms with Crippen molar-refractivity contribution >= 4 is 73.5 Å². The van der Waals surface area contributed by atoms with E-state index in [0.717, 1.165) is 5.56 Å². The number of carbonyl (C=O) groups excluding carboxylic acids is 2. The van der Waals surface area contributed by atoms with Crippen LogP contribution in [0.3, 0.4) is 0 Å². The predicted octanol–water partition coefficient (Wildman–Crippen LogP) is 5.46. The first kappa shape index (κ1) is 24.7. The van der Waals surface area contributed by atoms with Gasteiger partial charge < -0.3 is 19.5 Å². The lowest BCUT2D eigenvalue weighted by Crippen LogP contribution is -2.35. The van der Waals surface area contributed by atoms with E-state index in [4.69, 9.17) is 38.0 Å². The summed E-state index contributed by atoms with van der Waals surface area (Å²) in [4.78, 5) is 28.7. The number of alkyl carbamates (subject to hydrolysis) is 1. The molecule has 1 heterocycles. The maximum Gasteiger partial charge on any atom is 0.413 e. The number of amides is 1. The van der Waals surface area contributed by atoms with Crippen LogP contribution in [0.5, 0.6) is 5.75 Å². The van der Waals surface area contributed by atoms with E-state index in [9.17, 15) is 9.59 Å². The summed E-state index contributed by atoms with van der Waals surface area (Å²) in [7, 11) is 1.24. The molecule has 0 bridgehead atoms. The van der Waals surface area contributed by atoms with E-state index < -0.39 is 12.1 Å². The first-order chi connectivity index (χ1) is 15.8. The van der Waals surface area contributed by atoms with Gasteiger partial charge in [0.15, 0.2) is 16.6 Å². The number of carbonyl (C=O) groups is 2. The largest absolute Gasteiger partial charge is 0.486 e. The Morgan fingerprint density at radius 1 is 1.21 bits per heavy atom. The predicted molar refractivity (Wildman–Crippen MR) is 133 cm³/mol. The first-order valence-electron chi connectivity index (χ1n) is 9.66. The number of esters is 1. The summed E-state index contributed by atoms with van der Waals surface area (Å²) in [5.74, 6) is -0.343. The zero-order chi connectivity index (χ0) is 24.0. The van der Waals surface area contributed by atoms with Gasteiger partial charge in [-0.15, -0.1) is 0 Å². The Morgan fingerprint density at radius 2 is 1.94 bits per heavy atom. The standard InChI is InChI=1S/C22H19BrClN3O5S/c1-3-31-22(29)27-21(33)26-19-16-14(9-13(24)10-15(16)23)18(17(25-19)20(28)30-2)32-11-12-7-5-4-6-8-12/h4-10H,3,11H2,1-2H3,(H2,25,26,27,29,33). The number of anilines is 1. The van der Waals surface area contributed by atoms with Gasteiger partial charge in [0, 0.05) is 20.3 Å². The van der Waals surface area contributed by atoms with Crippen LogP contribution in [0.15, 0.2) is 46.9 Å². The monoisotopic (exact) mass is 551 g/mol. The minimum absolute atomic E-state index is 0.0714. The molecular formula is C22H19BrClN3O5S. The molecule has 0 atom stereocenters. The summed E-state index contributed by atoms with van der Waals surface area (Å²) >= 11 is 15.0. The van der Waals surface area contributed by atoms with Gasteiger partial charge in [-0.2, -0.15) is 0 Å². The van der Waals surface area contributed by atoms with Crippen molar-refractivity contribution in [2.75, 3.05) is 19.0 Å². The molecule has 0 fully saturated rings. The number of hydrogen-bond donors (Lipinski definition) is 2. The second kappa shape index (κ2) is 11.3. The van der Waals surface area contributed by atoms with Crippen LogP contribution < -0.4 is 15.4 Å². The highest BCUT2D eigenvalue weighted by atomic mass is 79.9. The van der Waals surface area contributed by atoms with Crippen LogP contribution in [0.25, 0.3) is 10.8 Å². The average Bonchev–Trinajstić information content (AvgIpc) is 2.77. The lowest BCUT2D eigenvalue weighted by molar-refractivity contribution is 0.0589. The molecule has 8 nitrogen and oxygen atoms in total. The van der Waals surface area contributed by atoms with Gasteiger partial charge in [0.25, 0.3) is 0 Å². The van der Waals surface area contributed by atoms with Crippen LogP contribution in [0.2, 0.25) is 5.02 Å². The van der Waals surface area contributed by atoms with Gasteiger partial charge in [-0.05, 0) is 52.8 Å². The number of nitrogens with one attached hydrogen (secondary N) is 2. The molecule has 0 radical (unpaired) electrons. The van der Waals surface area contributed by atoms with Crippen LogP contribution in [0.1, 0.15) is 23.0 Å². The second-order valence-corrected chi connectivity index (χ2v) is 8.21. The summed E-state index contributed by atoms with van der Waals surface area (Å²) in [6, 6.07) is 12.8. The number of halogens is 2. The number of fused-ring (bicyclic) bond motifs is 1. The Labute approximate surface area is 208 Å². The van der Waals surface area contributed by atoms with Crippen LogP contribution >= 0.6 is 39.7 Å². The van der Waals surface area contributed by atoms with E-state index in [1.54, 1.807) is 19.1 Å². The number of aromatic nitrogens is 1. The van der Waals surface area contributed by atoms with Crippen LogP contribution in [-0.2, 0) is 16.1 Å². The highest BCUT2D eigenvalue weighted by molar-refractivity contribution is 9.10. The van der Waals surface area contributed by atoms with Gasteiger partial charge in [-0.25, -0.2) is 14.6 Å². The molecule has 0 aliphatic heterocycles. The molecule has 0 aliphatic rings. The Kier molecular flexibility index (Phi) is 8.43. The molecule has 33 heavy (non-hydrogen) atoms. The van der Waals surface area contributed by atoms with Crippen molar-refractivity contribution in [1.29, 1.82) is 0 Å². The van der Waals surface area contributed by atoms with Crippen molar-refractivity contribution in [1.82, 2.24) is 10.3 Å². The molecule has 2 aromatic carbocycles. The van der Waals surface area contributed by atoms with Crippen molar-refractivity contribution in [2.24, 2.45) is 0 Å². The summed E-state index contributed by atoms with van der Waals surface area (Å²) < 4.78 is 16.4. The molecule has 3 rings (SSSR count). The second-order valence-electron chi connectivity index (χ2n) is 6.51. The first-order valence-corrected chi connectivity index (χ1v) is 11.2. The van der Waals surface area contributed by atoms with E-state index in [1.807, 2.05) is 30.3 Å². The van der Waals surface area contributed by atoms with Crippen molar-refractivity contribution in [2.45, 2.75) is 13.5 Å². The summed E-state index contributed by atoms with van der Waals surface area (Å²) in [6.07, 6.45) is -0.725. The van der Waals surface area contributed by atoms with Crippen LogP contribution in [0, 0.1) is 0 Å². The highest BCUT2D eigenvalue weighted by Crippen LogP contribution is 2.40. The van der Waals surface area contributed by atoms with Gasteiger partial charge in [-0.3, -0.25) is 5.32 Å². The van der Waals surface area contributed by atoms with Gasteiger partial charge in [0.05, 0.1) is 13.7 Å². The average molecular weight is 553 g/mol. The van der Waals surface area contributed by atoms with Crippen LogP contribution in [0.4, 0.5) is 10.6 Å². The molecule has 3 aromatic rings. The summed E-state index contributed by atoms with van der Waals surface area (Å²) in [6.45, 7) is 2.03. The Bertz CT molecular complexity index is 1210. The molecule has 0 saturated heterocycles. The van der Waals surface area contributed by atoms with Gasteiger partial charge >= 0.3 is 12.1 Å². The summed E-state index contributed by atoms with van der Waals surface area (Å²) in [5.41, 5.74) is 0.807. The molecule has 1 amide bonds. The molecule has 11 heteroatoms. The van der Waals surface area contributed by atoms with Gasteiger partial charge in [0.2, 0.25) is 0 Å². The lowest BCUT2D eigenvalue weighted by atomic mass is 10.1. The zero-order valence-corrected chi connectivity index (χ0v) is 20.8. The van der Waals surface area contributed by atoms with E-state index >= 15 is 0 Å². The minimum atomic E-state index is -0.725. The van der Waals surface area contributed by atoms with E-state index in [1.165, 1.54) is 7.11 Å². The maximum atomic E-state index is 12.6. The topological polar surface area (TPSA) is 98.8 Å². The molecule has 0 saturated carbocycles. The number of pyridine rings is 1. The van der Waals surface area contributed by atoms with E-state index in [2.05, 4.69) is 31.5 Å². The molecule has 172 valence electrons. The number of ether oxygens (including phenoxy) is 3. The normalized spacial score (nSPS) is 10.4. The molecular weight excluding hydrogens is 534 g/mol. The minimum Gasteiger partial charge on any atom is -0.486 e. The fourth-order valence-corrected chi connectivity index (χ4v) is 4.12. The molecule has 0 spiro atoms. The van der Waals surface area contributed by atoms with Crippen molar-refractivity contribution in [3.63, 3.8) is 0 Å². The number of methoxy groups -OCH3 is 1. The van der Waals surface area contributed by atoms with Gasteiger partial charge in [-0.1, -0.05) is 41.9 Å². The van der Waals surface area contributed by atoms with E-state index in [-0.39, 0.29) is 35.6 Å². The van der Waals surface area contributed by atoms with Crippen molar-refractivity contribution in [3.05, 3.63) is 63.2 Å². The third-order valence-corrected chi connectivity index (χ3v) is 5.35. The Hall–Kier alpha value is -2.95. The Morgan fingerprint density at radius 3 is 2.61 bits per heavy atom. The lowest BCUT2D eigenvalue weighted by Gasteiger charge is -2.18. The number of benzene rings is 2. The summed E-state index contributed by atoms with van der Waals surface area (Å²) in [5, 5.41) is 6.56. The number of nitrogens with zero attached hydrogens (tertiary/aromatic N) is 1. The SMILES string of the molecule is CCOC(=O)NC(=S)Nc1nc(C(=O)OC)c(OCc2ccccc2)c2cc(Cl)cc(Br)c12. The number of thiocarbonyl (C=S) groups is 1. The smallest absolute Gasteiger partial charge is 0.413 e. The fourth-order valence-electron chi connectivity index (χ4n) is 2.94. The quantitative estimate of drug-likeness (QED) is 0.307. The molecule has 2 N–H and O–H groups in total. The third kappa shape index (κ3) is 6.10. The molecule has 0 unspecified atom stereocenters. The van der Waals surface area contributed by atoms with Crippen LogP contribution in [-0.4, -0.2) is 35.9 Å². The number of rotatable bonds is 6. The maximum absolute atomic E-state index is 12.6. The number of hydrogen-bond acceptors (Lipinski definition) is 7. The third-order valence-electron chi connectivity index (χ3n) is 4.30. The zero-order valence-electron chi connectivity index (χ0n) is 17.6. The molecule has 0 aliphatic carbocycles. The Balaban J connectivity index is 2.11. The van der Waals surface area contributed by atoms with E-state index in [0.29, 0.717) is 20.3 Å². The van der Waals surface area contributed by atoms with Crippen molar-refractivity contribution < 1.29 is 23.8 Å². The fraction of sp³-hybridized carbons (Fsp3) is 0.182. The van der Waals surface area contributed by atoms with Crippen molar-refractivity contribution in [3.8, 4) is 5.75 Å². The highest BCUT2D eigenvalue weighted by Gasteiger charge is 2.24. The molecule has 1 aromatic heterocycles.